The van der Waals surface area contributed by atoms with Crippen molar-refractivity contribution in [1.29, 1.82) is 0 Å². The highest BCUT2D eigenvalue weighted by atomic mass is 35.5. The number of ether oxygens (including phenoxy) is 2. The molecule has 5 nitrogen and oxygen atoms in total. The van der Waals surface area contributed by atoms with Crippen molar-refractivity contribution in [2.45, 2.75) is 58.5 Å². The van der Waals surface area contributed by atoms with Gasteiger partial charge in [0.25, 0.3) is 0 Å². The highest BCUT2D eigenvalue weighted by molar-refractivity contribution is 6.19. The van der Waals surface area contributed by atoms with Crippen molar-refractivity contribution >= 4 is 17.8 Å². The maximum atomic E-state index is 11.1. The largest absolute Gasteiger partial charge is 0.512 e. The first-order chi connectivity index (χ1) is 7.26. The molecule has 2 unspecified atom stereocenters. The summed E-state index contributed by atoms with van der Waals surface area (Å²) in [5.74, 6) is -1.22. The van der Waals surface area contributed by atoms with E-state index in [0.29, 0.717) is 0 Å². The SMILES string of the molecule is CCC(C)OOC(C)(C)OC(=O)OC(C)Cl. The molecule has 16 heavy (non-hydrogen) atoms. The Morgan fingerprint density at radius 3 is 2.38 bits per heavy atom. The van der Waals surface area contributed by atoms with Crippen LogP contribution in [0.3, 0.4) is 0 Å². The zero-order chi connectivity index (χ0) is 12.8. The molecule has 0 N–H and O–H groups in total. The van der Waals surface area contributed by atoms with E-state index in [1.807, 2.05) is 13.8 Å². The quantitative estimate of drug-likeness (QED) is 0.240. The van der Waals surface area contributed by atoms with Crippen molar-refractivity contribution in [2.75, 3.05) is 0 Å². The predicted octanol–water partition coefficient (Wildman–Crippen LogP) is 3.21. The van der Waals surface area contributed by atoms with Gasteiger partial charge in [0, 0.05) is 13.8 Å². The fourth-order valence-electron chi connectivity index (χ4n) is 0.640. The van der Waals surface area contributed by atoms with Crippen LogP contribution in [0, 0.1) is 0 Å². The van der Waals surface area contributed by atoms with Crippen LogP contribution in [-0.2, 0) is 19.2 Å². The Kier molecular flexibility index (Phi) is 6.71. The molecular formula is C10H19ClO5. The second kappa shape index (κ2) is 6.93. The van der Waals surface area contributed by atoms with E-state index >= 15 is 0 Å². The van der Waals surface area contributed by atoms with Crippen LogP contribution >= 0.6 is 11.6 Å². The highest BCUT2D eigenvalue weighted by Gasteiger charge is 2.27. The Morgan fingerprint density at radius 1 is 1.38 bits per heavy atom. The molecule has 0 rings (SSSR count). The first-order valence-electron chi connectivity index (χ1n) is 5.15. The third kappa shape index (κ3) is 7.73. The number of rotatable bonds is 6. The average Bonchev–Trinajstić information content (AvgIpc) is 2.11. The fraction of sp³-hybridized carbons (Fsp3) is 0.900. The Labute approximate surface area is 101 Å². The topological polar surface area (TPSA) is 54.0 Å². The minimum Gasteiger partial charge on any atom is -0.415 e. The van der Waals surface area contributed by atoms with Gasteiger partial charge >= 0.3 is 6.16 Å². The molecule has 0 saturated heterocycles. The number of alkyl halides is 1. The van der Waals surface area contributed by atoms with Crippen molar-refractivity contribution in [1.82, 2.24) is 0 Å². The van der Waals surface area contributed by atoms with Crippen molar-refractivity contribution in [2.24, 2.45) is 0 Å². The van der Waals surface area contributed by atoms with E-state index in [1.54, 1.807) is 0 Å². The number of halogens is 1. The van der Waals surface area contributed by atoms with Crippen molar-refractivity contribution in [3.8, 4) is 0 Å². The van der Waals surface area contributed by atoms with E-state index in [9.17, 15) is 4.79 Å². The summed E-state index contributed by atoms with van der Waals surface area (Å²) in [6.45, 7) is 8.37. The zero-order valence-electron chi connectivity index (χ0n) is 10.3. The molecule has 0 aromatic carbocycles. The zero-order valence-corrected chi connectivity index (χ0v) is 11.0. The molecule has 2 atom stereocenters. The summed E-state index contributed by atoms with van der Waals surface area (Å²) >= 11 is 5.46. The van der Waals surface area contributed by atoms with E-state index in [-0.39, 0.29) is 6.10 Å². The van der Waals surface area contributed by atoms with Crippen LogP contribution < -0.4 is 0 Å². The minimum atomic E-state index is -1.22. The maximum Gasteiger partial charge on any atom is 0.512 e. The van der Waals surface area contributed by atoms with Gasteiger partial charge in [-0.15, -0.1) is 0 Å². The van der Waals surface area contributed by atoms with Crippen LogP contribution in [0.5, 0.6) is 0 Å². The lowest BCUT2D eigenvalue weighted by Gasteiger charge is -2.24. The molecule has 0 aliphatic rings. The van der Waals surface area contributed by atoms with Gasteiger partial charge in [0.2, 0.25) is 5.79 Å². The summed E-state index contributed by atoms with van der Waals surface area (Å²) in [7, 11) is 0. The third-order valence-electron chi connectivity index (χ3n) is 1.58. The monoisotopic (exact) mass is 254 g/mol. The second-order valence-corrected chi connectivity index (χ2v) is 4.43. The fourth-order valence-corrected chi connectivity index (χ4v) is 0.713. The molecule has 0 bridgehead atoms. The number of hydrogen-bond acceptors (Lipinski definition) is 5. The van der Waals surface area contributed by atoms with Crippen LogP contribution in [0.15, 0.2) is 0 Å². The Morgan fingerprint density at radius 2 is 1.94 bits per heavy atom. The van der Waals surface area contributed by atoms with Gasteiger partial charge in [0.05, 0.1) is 6.10 Å². The molecule has 0 fully saturated rings. The summed E-state index contributed by atoms with van der Waals surface area (Å²) in [4.78, 5) is 21.1. The predicted molar refractivity (Wildman–Crippen MR) is 58.9 cm³/mol. The van der Waals surface area contributed by atoms with Crippen LogP contribution in [0.2, 0.25) is 0 Å². The summed E-state index contributed by atoms with van der Waals surface area (Å²) in [6.07, 6.45) is -0.190. The van der Waals surface area contributed by atoms with E-state index in [4.69, 9.17) is 26.1 Å². The lowest BCUT2D eigenvalue weighted by atomic mass is 10.3. The average molecular weight is 255 g/mol. The standard InChI is InChI=1S/C10H19ClO5/c1-6-7(2)15-16-10(4,5)14-9(12)13-8(3)11/h7-8H,6H2,1-5H3. The smallest absolute Gasteiger partial charge is 0.415 e. The van der Waals surface area contributed by atoms with E-state index < -0.39 is 17.5 Å². The van der Waals surface area contributed by atoms with Crippen LogP contribution in [0.4, 0.5) is 4.79 Å². The third-order valence-corrected chi connectivity index (χ3v) is 1.66. The van der Waals surface area contributed by atoms with Crippen LogP contribution in [0.1, 0.15) is 41.0 Å². The number of carbonyl (C=O) groups excluding carboxylic acids is 1. The molecule has 6 heteroatoms. The summed E-state index contributed by atoms with van der Waals surface area (Å²) in [6, 6.07) is 0. The van der Waals surface area contributed by atoms with Gasteiger partial charge in [-0.05, 0) is 20.3 Å². The molecule has 0 saturated carbocycles. The van der Waals surface area contributed by atoms with Gasteiger partial charge in [0.1, 0.15) is 0 Å². The number of carbonyl (C=O) groups is 1. The summed E-state index contributed by atoms with van der Waals surface area (Å²) in [5, 5.41) is 0. The van der Waals surface area contributed by atoms with Gasteiger partial charge in [-0.3, -0.25) is 0 Å². The van der Waals surface area contributed by atoms with Gasteiger partial charge in [0.15, 0.2) is 5.56 Å². The van der Waals surface area contributed by atoms with E-state index in [1.165, 1.54) is 20.8 Å². The lowest BCUT2D eigenvalue weighted by molar-refractivity contribution is -0.423. The van der Waals surface area contributed by atoms with Gasteiger partial charge in [-0.2, -0.15) is 4.89 Å². The van der Waals surface area contributed by atoms with Crippen molar-refractivity contribution in [3.05, 3.63) is 0 Å². The molecule has 96 valence electrons. The van der Waals surface area contributed by atoms with Crippen LogP contribution in [0.25, 0.3) is 0 Å². The van der Waals surface area contributed by atoms with Gasteiger partial charge < -0.3 is 9.47 Å². The molecule has 0 aromatic rings. The molecule has 0 radical (unpaired) electrons. The lowest BCUT2D eigenvalue weighted by Crippen LogP contribution is -2.33. The summed E-state index contributed by atoms with van der Waals surface area (Å²) < 4.78 is 9.44. The Balaban J connectivity index is 3.98. The summed E-state index contributed by atoms with van der Waals surface area (Å²) in [5.41, 5.74) is -0.751. The second-order valence-electron chi connectivity index (χ2n) is 3.81. The van der Waals surface area contributed by atoms with Gasteiger partial charge in [-0.1, -0.05) is 18.5 Å². The van der Waals surface area contributed by atoms with Crippen molar-refractivity contribution in [3.63, 3.8) is 0 Å². The molecule has 0 aliphatic heterocycles. The van der Waals surface area contributed by atoms with Gasteiger partial charge in [-0.25, -0.2) is 9.68 Å². The van der Waals surface area contributed by atoms with E-state index in [0.717, 1.165) is 6.42 Å². The number of hydrogen-bond donors (Lipinski definition) is 0. The molecule has 0 heterocycles. The normalized spacial score (nSPS) is 15.4. The van der Waals surface area contributed by atoms with Crippen molar-refractivity contribution < 1.29 is 24.0 Å². The van der Waals surface area contributed by atoms with E-state index in [2.05, 4.69) is 4.74 Å². The Bertz CT molecular complexity index is 217. The first kappa shape index (κ1) is 15.5. The Hall–Kier alpha value is -0.520. The van der Waals surface area contributed by atoms with Crippen LogP contribution in [-0.4, -0.2) is 23.6 Å². The molecule has 0 amide bonds. The molecular weight excluding hydrogens is 236 g/mol. The molecule has 0 aromatic heterocycles. The highest BCUT2D eigenvalue weighted by Crippen LogP contribution is 2.15. The first-order valence-corrected chi connectivity index (χ1v) is 5.58. The molecule has 0 spiro atoms. The molecule has 0 aliphatic carbocycles. The minimum absolute atomic E-state index is 0.0779. The maximum absolute atomic E-state index is 11.1.